The average molecular weight is 338 g/mol. The van der Waals surface area contributed by atoms with Gasteiger partial charge in [0.25, 0.3) is 5.56 Å². The van der Waals surface area contributed by atoms with Gasteiger partial charge < -0.3 is 9.88 Å². The minimum absolute atomic E-state index is 0.518. The van der Waals surface area contributed by atoms with Crippen LogP contribution < -0.4 is 10.9 Å². The Balaban J connectivity index is 2.22. The summed E-state index contributed by atoms with van der Waals surface area (Å²) in [5.41, 5.74) is -0.0414. The lowest BCUT2D eigenvalue weighted by Gasteiger charge is -2.17. The molecule has 0 saturated carbocycles. The van der Waals surface area contributed by atoms with E-state index < -0.39 is 29.2 Å². The number of halogens is 3. The Morgan fingerprint density at radius 1 is 1.17 bits per heavy atom. The Morgan fingerprint density at radius 3 is 2.33 bits per heavy atom. The highest BCUT2D eigenvalue weighted by Gasteiger charge is 2.32. The molecule has 0 aliphatic heterocycles. The third-order valence-electron chi connectivity index (χ3n) is 3.69. The highest BCUT2D eigenvalue weighted by molar-refractivity contribution is 5.93. The molecule has 1 atom stereocenters. The van der Waals surface area contributed by atoms with Gasteiger partial charge in [-0.25, -0.2) is 0 Å². The largest absolute Gasteiger partial charge is 0.417 e. The summed E-state index contributed by atoms with van der Waals surface area (Å²) in [5, 5.41) is 2.60. The van der Waals surface area contributed by atoms with Gasteiger partial charge in [0.05, 0.1) is 5.56 Å². The molecule has 0 radical (unpaired) electrons. The van der Waals surface area contributed by atoms with Crippen molar-refractivity contribution in [3.63, 3.8) is 0 Å². The summed E-state index contributed by atoms with van der Waals surface area (Å²) in [6.45, 7) is 3.37. The molecule has 1 amide bonds. The Kier molecular flexibility index (Phi) is 5.11. The number of nitrogens with one attached hydrogen (secondary N) is 1. The second-order valence-corrected chi connectivity index (χ2v) is 5.38. The van der Waals surface area contributed by atoms with E-state index in [0.29, 0.717) is 18.0 Å². The Hall–Kier alpha value is -2.57. The topological polar surface area (TPSA) is 51.1 Å². The molecule has 1 aromatic carbocycles. The zero-order valence-electron chi connectivity index (χ0n) is 13.2. The van der Waals surface area contributed by atoms with Gasteiger partial charge in [0.2, 0.25) is 5.91 Å². The number of anilines is 1. The molecule has 128 valence electrons. The van der Waals surface area contributed by atoms with Crippen LogP contribution in [-0.2, 0) is 17.4 Å². The fourth-order valence-corrected chi connectivity index (χ4v) is 2.17. The Morgan fingerprint density at radius 2 is 1.79 bits per heavy atom. The van der Waals surface area contributed by atoms with Gasteiger partial charge in [0.15, 0.2) is 0 Å². The van der Waals surface area contributed by atoms with Crippen molar-refractivity contribution in [2.75, 3.05) is 5.32 Å². The zero-order chi connectivity index (χ0) is 17.9. The zero-order valence-corrected chi connectivity index (χ0v) is 13.2. The number of aromatic nitrogens is 1. The number of nitrogens with zero attached hydrogens (tertiary/aromatic N) is 1. The number of hydrogen-bond acceptors (Lipinski definition) is 2. The summed E-state index contributed by atoms with van der Waals surface area (Å²) in [6.07, 6.45) is -3.07. The van der Waals surface area contributed by atoms with E-state index in [9.17, 15) is 22.8 Å². The number of carbonyl (C=O) groups is 1. The SMILES string of the molecule is CCc1ccc(NC(=O)C(C)n2cc(C(F)(F)F)ccc2=O)cc1. The van der Waals surface area contributed by atoms with Crippen molar-refractivity contribution >= 4 is 11.6 Å². The molecule has 1 unspecified atom stereocenters. The maximum atomic E-state index is 12.8. The van der Waals surface area contributed by atoms with Gasteiger partial charge in [-0.1, -0.05) is 19.1 Å². The second kappa shape index (κ2) is 6.90. The summed E-state index contributed by atoms with van der Waals surface area (Å²) in [5.74, 6) is -0.569. The van der Waals surface area contributed by atoms with E-state index in [2.05, 4.69) is 5.32 Å². The third-order valence-corrected chi connectivity index (χ3v) is 3.69. The molecule has 0 spiro atoms. The van der Waals surface area contributed by atoms with Crippen LogP contribution in [0.4, 0.5) is 18.9 Å². The summed E-state index contributed by atoms with van der Waals surface area (Å²) in [7, 11) is 0. The van der Waals surface area contributed by atoms with E-state index in [0.717, 1.165) is 22.6 Å². The van der Waals surface area contributed by atoms with Gasteiger partial charge in [-0.3, -0.25) is 9.59 Å². The predicted molar refractivity (Wildman–Crippen MR) is 84.9 cm³/mol. The number of pyridine rings is 1. The predicted octanol–water partition coefficient (Wildman–Crippen LogP) is 3.63. The molecule has 0 bridgehead atoms. The fourth-order valence-electron chi connectivity index (χ4n) is 2.17. The average Bonchev–Trinajstić information content (AvgIpc) is 2.54. The number of benzene rings is 1. The van der Waals surface area contributed by atoms with E-state index in [-0.39, 0.29) is 0 Å². The van der Waals surface area contributed by atoms with Crippen LogP contribution in [-0.4, -0.2) is 10.5 Å². The molecule has 1 aromatic heterocycles. The number of carbonyl (C=O) groups excluding carboxylic acids is 1. The van der Waals surface area contributed by atoms with Crippen LogP contribution in [0.3, 0.4) is 0 Å². The smallest absolute Gasteiger partial charge is 0.324 e. The van der Waals surface area contributed by atoms with Crippen molar-refractivity contribution in [2.45, 2.75) is 32.5 Å². The van der Waals surface area contributed by atoms with Crippen LogP contribution in [0.2, 0.25) is 0 Å². The van der Waals surface area contributed by atoms with Crippen molar-refractivity contribution in [3.05, 3.63) is 64.1 Å². The van der Waals surface area contributed by atoms with Crippen LogP contribution >= 0.6 is 0 Å². The lowest BCUT2D eigenvalue weighted by atomic mass is 10.1. The van der Waals surface area contributed by atoms with E-state index in [1.807, 2.05) is 19.1 Å². The summed E-state index contributed by atoms with van der Waals surface area (Å²) in [4.78, 5) is 24.0. The third kappa shape index (κ3) is 4.04. The van der Waals surface area contributed by atoms with E-state index in [1.54, 1.807) is 12.1 Å². The molecule has 7 heteroatoms. The van der Waals surface area contributed by atoms with Crippen molar-refractivity contribution < 1.29 is 18.0 Å². The van der Waals surface area contributed by atoms with E-state index >= 15 is 0 Å². The first kappa shape index (κ1) is 17.8. The summed E-state index contributed by atoms with van der Waals surface area (Å²) < 4.78 is 39.1. The number of aryl methyl sites for hydroxylation is 1. The monoisotopic (exact) mass is 338 g/mol. The first-order valence-electron chi connectivity index (χ1n) is 7.41. The molecule has 2 aromatic rings. The van der Waals surface area contributed by atoms with Gasteiger partial charge in [-0.15, -0.1) is 0 Å². The van der Waals surface area contributed by atoms with Crippen molar-refractivity contribution in [1.82, 2.24) is 4.57 Å². The van der Waals surface area contributed by atoms with Gasteiger partial charge in [-0.05, 0) is 37.1 Å². The lowest BCUT2D eigenvalue weighted by molar-refractivity contribution is -0.138. The van der Waals surface area contributed by atoms with Gasteiger partial charge in [-0.2, -0.15) is 13.2 Å². The maximum Gasteiger partial charge on any atom is 0.417 e. The molecule has 0 aliphatic rings. The Bertz CT molecular complexity index is 780. The van der Waals surface area contributed by atoms with Gasteiger partial charge in [0, 0.05) is 18.0 Å². The standard InChI is InChI=1S/C17H17F3N2O2/c1-3-12-4-7-14(8-5-12)21-16(24)11(2)22-10-13(17(18,19)20)6-9-15(22)23/h4-11H,3H2,1-2H3,(H,21,24). The molecule has 0 fully saturated rings. The van der Waals surface area contributed by atoms with Crippen LogP contribution in [0.15, 0.2) is 47.4 Å². The molecule has 24 heavy (non-hydrogen) atoms. The fraction of sp³-hybridized carbons (Fsp3) is 0.294. The molecule has 1 N–H and O–H groups in total. The van der Waals surface area contributed by atoms with Crippen molar-refractivity contribution in [1.29, 1.82) is 0 Å². The number of rotatable bonds is 4. The summed E-state index contributed by atoms with van der Waals surface area (Å²) >= 11 is 0. The molecule has 2 rings (SSSR count). The molecule has 0 aliphatic carbocycles. The quantitative estimate of drug-likeness (QED) is 0.925. The maximum absolute atomic E-state index is 12.8. The van der Waals surface area contributed by atoms with Gasteiger partial charge >= 0.3 is 6.18 Å². The van der Waals surface area contributed by atoms with E-state index in [4.69, 9.17) is 0 Å². The van der Waals surface area contributed by atoms with Crippen LogP contribution in [0.1, 0.15) is 31.0 Å². The molecular weight excluding hydrogens is 321 g/mol. The second-order valence-electron chi connectivity index (χ2n) is 5.38. The first-order valence-corrected chi connectivity index (χ1v) is 7.41. The minimum atomic E-state index is -4.58. The molecule has 0 saturated heterocycles. The molecule has 4 nitrogen and oxygen atoms in total. The lowest BCUT2D eigenvalue weighted by Crippen LogP contribution is -2.31. The minimum Gasteiger partial charge on any atom is -0.324 e. The van der Waals surface area contributed by atoms with Crippen LogP contribution in [0.25, 0.3) is 0 Å². The van der Waals surface area contributed by atoms with Crippen LogP contribution in [0.5, 0.6) is 0 Å². The molecule has 1 heterocycles. The summed E-state index contributed by atoms with van der Waals surface area (Å²) in [6, 6.07) is 7.53. The number of alkyl halides is 3. The van der Waals surface area contributed by atoms with Gasteiger partial charge in [0.1, 0.15) is 6.04 Å². The first-order chi connectivity index (χ1) is 11.2. The number of amides is 1. The Labute approximate surface area is 136 Å². The normalized spacial score (nSPS) is 12.7. The molecular formula is C17H17F3N2O2. The van der Waals surface area contributed by atoms with Crippen LogP contribution in [0, 0.1) is 0 Å². The highest BCUT2D eigenvalue weighted by Crippen LogP contribution is 2.28. The highest BCUT2D eigenvalue weighted by atomic mass is 19.4. The van der Waals surface area contributed by atoms with Crippen molar-refractivity contribution in [2.24, 2.45) is 0 Å². The van der Waals surface area contributed by atoms with E-state index in [1.165, 1.54) is 6.92 Å². The van der Waals surface area contributed by atoms with Crippen molar-refractivity contribution in [3.8, 4) is 0 Å². The number of hydrogen-bond donors (Lipinski definition) is 1.